The number of benzene rings is 3. The second kappa shape index (κ2) is 6.45. The predicted octanol–water partition coefficient (Wildman–Crippen LogP) is 3.83. The van der Waals surface area contributed by atoms with Crippen LogP contribution in [0.15, 0.2) is 48.5 Å². The minimum absolute atomic E-state index is 0.151. The van der Waals surface area contributed by atoms with Gasteiger partial charge in [0.2, 0.25) is 11.6 Å². The van der Waals surface area contributed by atoms with Crippen LogP contribution in [0.3, 0.4) is 0 Å². The number of rotatable bonds is 3. The first kappa shape index (κ1) is 18.2. The number of carbonyl (C=O) groups excluding carboxylic acids is 2. The molecule has 0 amide bonds. The summed E-state index contributed by atoms with van der Waals surface area (Å²) in [7, 11) is 0. The quantitative estimate of drug-likeness (QED) is 0.275. The summed E-state index contributed by atoms with van der Waals surface area (Å²) >= 11 is 0. The number of para-hydroxylation sites is 1. The summed E-state index contributed by atoms with van der Waals surface area (Å²) in [4.78, 5) is 36.8. The molecule has 0 aromatic heterocycles. The molecule has 4 rings (SSSR count). The molecule has 3 aromatic rings. The molecule has 0 atom stereocenters. The van der Waals surface area contributed by atoms with Gasteiger partial charge in [0, 0.05) is 11.8 Å². The summed E-state index contributed by atoms with van der Waals surface area (Å²) in [5.41, 5.74) is -0.291. The molecule has 0 unspecified atom stereocenters. The third kappa shape index (κ3) is 2.69. The molecule has 3 aromatic carbocycles. The third-order valence-electron chi connectivity index (χ3n) is 4.86. The average molecular weight is 390 g/mol. The van der Waals surface area contributed by atoms with Crippen molar-refractivity contribution in [2.24, 2.45) is 0 Å². The topological polar surface area (TPSA) is 130 Å². The van der Waals surface area contributed by atoms with Crippen LogP contribution in [0.5, 0.6) is 11.5 Å². The van der Waals surface area contributed by atoms with Crippen molar-refractivity contribution in [3.8, 4) is 11.5 Å². The van der Waals surface area contributed by atoms with E-state index in [0.717, 1.165) is 17.7 Å². The van der Waals surface area contributed by atoms with Crippen molar-refractivity contribution < 1.29 is 24.7 Å². The molecule has 0 aliphatic heterocycles. The second-order valence-corrected chi connectivity index (χ2v) is 6.59. The number of phenols is 2. The smallest absolute Gasteiger partial charge is 0.281 e. The lowest BCUT2D eigenvalue weighted by atomic mass is 9.81. The van der Waals surface area contributed by atoms with E-state index >= 15 is 0 Å². The maximum atomic E-state index is 13.2. The van der Waals surface area contributed by atoms with Crippen molar-refractivity contribution in [2.75, 3.05) is 5.32 Å². The number of ketones is 2. The molecule has 144 valence electrons. The highest BCUT2D eigenvalue weighted by molar-refractivity contribution is 6.33. The number of hydrogen-bond acceptors (Lipinski definition) is 7. The lowest BCUT2D eigenvalue weighted by Crippen LogP contribution is -2.23. The number of hydrogen-bond donors (Lipinski definition) is 3. The Bertz CT molecular complexity index is 1230. The van der Waals surface area contributed by atoms with E-state index < -0.39 is 44.8 Å². The number of nitro groups is 1. The van der Waals surface area contributed by atoms with Crippen LogP contribution in [0.1, 0.15) is 37.4 Å². The molecule has 0 spiro atoms. The first-order chi connectivity index (χ1) is 13.8. The molecule has 0 heterocycles. The molecule has 8 heteroatoms. The highest BCUT2D eigenvalue weighted by Crippen LogP contribution is 2.43. The maximum Gasteiger partial charge on any atom is 0.281 e. The molecule has 1 aliphatic rings. The highest BCUT2D eigenvalue weighted by Gasteiger charge is 2.40. The van der Waals surface area contributed by atoms with E-state index in [1.54, 1.807) is 12.1 Å². The first-order valence-corrected chi connectivity index (χ1v) is 8.59. The lowest BCUT2D eigenvalue weighted by molar-refractivity contribution is -0.385. The maximum absolute atomic E-state index is 13.2. The first-order valence-electron chi connectivity index (χ1n) is 8.59. The fraction of sp³-hybridized carbons (Fsp3) is 0.0476. The van der Waals surface area contributed by atoms with Crippen LogP contribution in [0, 0.1) is 17.0 Å². The molecule has 0 saturated heterocycles. The van der Waals surface area contributed by atoms with Gasteiger partial charge in [-0.1, -0.05) is 18.2 Å². The Balaban J connectivity index is 1.98. The fourth-order valence-electron chi connectivity index (χ4n) is 3.46. The zero-order chi connectivity index (χ0) is 20.9. The van der Waals surface area contributed by atoms with E-state index in [2.05, 4.69) is 5.32 Å². The van der Waals surface area contributed by atoms with Gasteiger partial charge in [0.1, 0.15) is 17.1 Å². The van der Waals surface area contributed by atoms with Gasteiger partial charge in [-0.2, -0.15) is 0 Å². The summed E-state index contributed by atoms with van der Waals surface area (Å²) < 4.78 is 0. The van der Waals surface area contributed by atoms with Gasteiger partial charge in [-0.3, -0.25) is 19.7 Å². The number of fused-ring (bicyclic) bond motifs is 2. The number of phenolic OH excluding ortho intramolecular Hbond substituents is 2. The van der Waals surface area contributed by atoms with Crippen molar-refractivity contribution in [1.29, 1.82) is 0 Å². The van der Waals surface area contributed by atoms with Crippen LogP contribution in [-0.4, -0.2) is 26.7 Å². The fourth-order valence-corrected chi connectivity index (χ4v) is 3.46. The van der Waals surface area contributed by atoms with Gasteiger partial charge in [0.05, 0.1) is 27.3 Å². The minimum Gasteiger partial charge on any atom is -0.507 e. The zero-order valence-corrected chi connectivity index (χ0v) is 15.1. The van der Waals surface area contributed by atoms with Crippen molar-refractivity contribution in [3.05, 3.63) is 86.5 Å². The third-order valence-corrected chi connectivity index (χ3v) is 4.86. The van der Waals surface area contributed by atoms with E-state index in [1.807, 2.05) is 19.1 Å². The Morgan fingerprint density at radius 1 is 0.793 bits per heavy atom. The van der Waals surface area contributed by atoms with Crippen LogP contribution < -0.4 is 5.32 Å². The molecule has 0 bridgehead atoms. The number of nitrogens with zero attached hydrogens (tertiary/aromatic N) is 1. The van der Waals surface area contributed by atoms with Crippen LogP contribution in [0.4, 0.5) is 17.1 Å². The lowest BCUT2D eigenvalue weighted by Gasteiger charge is -2.22. The number of aryl methyl sites for hydroxylation is 1. The standard InChI is InChI=1S/C21H14N2O6/c1-10-4-2-3-5-11(10)22-12-6-8-14(24)18-16(12)20(26)19-15(25)9-7-13(23(28)29)17(19)21(18)27/h2-9,22,24-25H,1H3. The van der Waals surface area contributed by atoms with E-state index in [0.29, 0.717) is 5.69 Å². The molecule has 8 nitrogen and oxygen atoms in total. The van der Waals surface area contributed by atoms with Gasteiger partial charge in [-0.15, -0.1) is 0 Å². The predicted molar refractivity (Wildman–Crippen MR) is 104 cm³/mol. The minimum atomic E-state index is -0.900. The van der Waals surface area contributed by atoms with Crippen molar-refractivity contribution >= 4 is 28.6 Å². The number of carbonyl (C=O) groups is 2. The molecule has 0 saturated carbocycles. The summed E-state index contributed by atoms with van der Waals surface area (Å²) in [6, 6.07) is 11.9. The van der Waals surface area contributed by atoms with Crippen LogP contribution >= 0.6 is 0 Å². The van der Waals surface area contributed by atoms with Gasteiger partial charge in [0.15, 0.2) is 0 Å². The zero-order valence-electron chi connectivity index (χ0n) is 15.1. The molecule has 0 fully saturated rings. The van der Waals surface area contributed by atoms with Crippen LogP contribution in [-0.2, 0) is 0 Å². The normalized spacial score (nSPS) is 12.3. The Labute approximate surface area is 164 Å². The van der Waals surface area contributed by atoms with E-state index in [9.17, 15) is 29.9 Å². The molecule has 3 N–H and O–H groups in total. The van der Waals surface area contributed by atoms with Gasteiger partial charge < -0.3 is 15.5 Å². The largest absolute Gasteiger partial charge is 0.507 e. The van der Waals surface area contributed by atoms with E-state index in [4.69, 9.17) is 0 Å². The average Bonchev–Trinajstić information content (AvgIpc) is 2.68. The number of aromatic hydroxyl groups is 2. The number of nitrogens with one attached hydrogen (secondary N) is 1. The van der Waals surface area contributed by atoms with E-state index in [1.165, 1.54) is 12.1 Å². The Kier molecular flexibility index (Phi) is 4.04. The Hall–Kier alpha value is -4.20. The van der Waals surface area contributed by atoms with Crippen molar-refractivity contribution in [2.45, 2.75) is 6.92 Å². The Morgan fingerprint density at radius 3 is 2.03 bits per heavy atom. The molecule has 29 heavy (non-hydrogen) atoms. The van der Waals surface area contributed by atoms with Crippen LogP contribution in [0.25, 0.3) is 0 Å². The Morgan fingerprint density at radius 2 is 1.38 bits per heavy atom. The summed E-state index contributed by atoms with van der Waals surface area (Å²) in [5, 5.41) is 34.9. The second-order valence-electron chi connectivity index (χ2n) is 6.59. The molecule has 1 aliphatic carbocycles. The summed E-state index contributed by atoms with van der Waals surface area (Å²) in [5.74, 6) is -2.71. The van der Waals surface area contributed by atoms with Gasteiger partial charge >= 0.3 is 0 Å². The van der Waals surface area contributed by atoms with Gasteiger partial charge in [0.25, 0.3) is 5.69 Å². The molecular formula is C21H14N2O6. The number of anilines is 2. The van der Waals surface area contributed by atoms with Gasteiger partial charge in [-0.25, -0.2) is 0 Å². The summed E-state index contributed by atoms with van der Waals surface area (Å²) in [6.07, 6.45) is 0. The highest BCUT2D eigenvalue weighted by atomic mass is 16.6. The summed E-state index contributed by atoms with van der Waals surface area (Å²) in [6.45, 7) is 1.85. The molecule has 0 radical (unpaired) electrons. The van der Waals surface area contributed by atoms with Crippen LogP contribution in [0.2, 0.25) is 0 Å². The monoisotopic (exact) mass is 390 g/mol. The van der Waals surface area contributed by atoms with Gasteiger partial charge in [-0.05, 0) is 36.8 Å². The van der Waals surface area contributed by atoms with E-state index in [-0.39, 0.29) is 16.8 Å². The van der Waals surface area contributed by atoms with Crippen molar-refractivity contribution in [3.63, 3.8) is 0 Å². The number of nitro benzene ring substituents is 1. The molecular weight excluding hydrogens is 376 g/mol. The van der Waals surface area contributed by atoms with Crippen molar-refractivity contribution in [1.82, 2.24) is 0 Å². The SMILES string of the molecule is Cc1ccccc1Nc1ccc(O)c2c1C(=O)c1c(O)ccc([N+](=O)[O-])c1C2=O.